The molecule has 172 valence electrons. The number of ether oxygens (including phenoxy) is 1. The first-order chi connectivity index (χ1) is 15.6. The number of amides is 1. The number of morpholine rings is 1. The minimum atomic E-state index is 0.0971. The Hall–Kier alpha value is -2.87. The molecular formula is C24H33N5O3. The van der Waals surface area contributed by atoms with Crippen LogP contribution in [0.2, 0.25) is 0 Å². The molecule has 1 amide bonds. The largest absolute Gasteiger partial charge is 0.444 e. The average molecular weight is 440 g/mol. The second kappa shape index (κ2) is 10.6. The molecule has 1 aromatic carbocycles. The van der Waals surface area contributed by atoms with E-state index in [-0.39, 0.29) is 11.8 Å². The van der Waals surface area contributed by atoms with E-state index in [9.17, 15) is 4.79 Å². The lowest BCUT2D eigenvalue weighted by atomic mass is 9.95. The van der Waals surface area contributed by atoms with E-state index in [1.165, 1.54) is 5.56 Å². The Balaban J connectivity index is 1.34. The van der Waals surface area contributed by atoms with E-state index in [1.807, 2.05) is 29.2 Å². The molecule has 0 spiro atoms. The van der Waals surface area contributed by atoms with Gasteiger partial charge in [0.25, 0.3) is 0 Å². The van der Waals surface area contributed by atoms with Gasteiger partial charge >= 0.3 is 0 Å². The monoisotopic (exact) mass is 439 g/mol. The van der Waals surface area contributed by atoms with Gasteiger partial charge in [-0.2, -0.15) is 0 Å². The van der Waals surface area contributed by atoms with Crippen molar-refractivity contribution in [2.75, 3.05) is 45.9 Å². The third-order valence-corrected chi connectivity index (χ3v) is 6.04. The molecule has 2 fully saturated rings. The van der Waals surface area contributed by atoms with Gasteiger partial charge in [-0.3, -0.25) is 4.79 Å². The summed E-state index contributed by atoms with van der Waals surface area (Å²) < 4.78 is 11.0. The van der Waals surface area contributed by atoms with Gasteiger partial charge in [-0.25, -0.2) is 9.98 Å². The number of oxazole rings is 1. The third kappa shape index (κ3) is 5.48. The number of carbonyl (C=O) groups is 1. The van der Waals surface area contributed by atoms with Crippen molar-refractivity contribution >= 4 is 11.9 Å². The number of guanidine groups is 1. The minimum Gasteiger partial charge on any atom is -0.444 e. The highest BCUT2D eigenvalue weighted by molar-refractivity contribution is 5.82. The van der Waals surface area contributed by atoms with Gasteiger partial charge in [-0.05, 0) is 38.8 Å². The second-order valence-corrected chi connectivity index (χ2v) is 8.38. The van der Waals surface area contributed by atoms with Crippen LogP contribution < -0.4 is 5.32 Å². The predicted octanol–water partition coefficient (Wildman–Crippen LogP) is 2.69. The van der Waals surface area contributed by atoms with Crippen LogP contribution in [0.5, 0.6) is 0 Å². The summed E-state index contributed by atoms with van der Waals surface area (Å²) in [5, 5.41) is 3.38. The molecule has 0 saturated carbocycles. The molecule has 2 aromatic rings. The zero-order chi connectivity index (χ0) is 22.3. The fourth-order valence-electron chi connectivity index (χ4n) is 4.17. The van der Waals surface area contributed by atoms with E-state index in [0.29, 0.717) is 38.7 Å². The van der Waals surface area contributed by atoms with Crippen molar-refractivity contribution in [1.29, 1.82) is 0 Å². The van der Waals surface area contributed by atoms with Gasteiger partial charge in [0.1, 0.15) is 12.0 Å². The molecule has 2 saturated heterocycles. The number of hydrogen-bond donors (Lipinski definition) is 1. The molecule has 32 heavy (non-hydrogen) atoms. The molecular weight excluding hydrogens is 406 g/mol. The summed E-state index contributed by atoms with van der Waals surface area (Å²) >= 11 is 0. The maximum Gasteiger partial charge on any atom is 0.226 e. The van der Waals surface area contributed by atoms with Crippen LogP contribution in [0, 0.1) is 12.8 Å². The van der Waals surface area contributed by atoms with Crippen LogP contribution in [-0.4, -0.2) is 72.6 Å². The quantitative estimate of drug-likeness (QED) is 0.570. The Morgan fingerprint density at radius 3 is 2.53 bits per heavy atom. The molecule has 1 N–H and O–H groups in total. The van der Waals surface area contributed by atoms with Gasteiger partial charge in [0.15, 0.2) is 5.96 Å². The number of likely N-dealkylation sites (tertiary alicyclic amines) is 1. The summed E-state index contributed by atoms with van der Waals surface area (Å²) in [6.07, 6.45) is 3.37. The Kier molecular flexibility index (Phi) is 7.42. The summed E-state index contributed by atoms with van der Waals surface area (Å²) in [4.78, 5) is 26.4. The number of benzene rings is 1. The summed E-state index contributed by atoms with van der Waals surface area (Å²) in [5.74, 6) is 1.85. The van der Waals surface area contributed by atoms with Crippen LogP contribution in [0.3, 0.4) is 0 Å². The number of hydrogen-bond acceptors (Lipinski definition) is 5. The van der Waals surface area contributed by atoms with E-state index < -0.39 is 0 Å². The van der Waals surface area contributed by atoms with Crippen molar-refractivity contribution in [3.8, 4) is 11.5 Å². The molecule has 2 aliphatic rings. The summed E-state index contributed by atoms with van der Waals surface area (Å²) in [6, 6.07) is 8.13. The van der Waals surface area contributed by atoms with Gasteiger partial charge in [0, 0.05) is 44.2 Å². The van der Waals surface area contributed by atoms with E-state index in [2.05, 4.69) is 29.0 Å². The van der Waals surface area contributed by atoms with Gasteiger partial charge in [0.05, 0.1) is 19.8 Å². The second-order valence-electron chi connectivity index (χ2n) is 8.38. The normalized spacial score (nSPS) is 18.1. The lowest BCUT2D eigenvalue weighted by Crippen LogP contribution is -2.50. The SMILES string of the molecule is CCNC(=NCc1coc(-c2ccc(C)cc2)n1)N1CCC(C(=O)N2CCOCC2)CC1. The standard InChI is InChI=1S/C24H33N5O3/c1-3-25-24(26-16-21-17-32-22(27-21)19-6-4-18(2)5-7-19)29-10-8-20(9-11-29)23(30)28-12-14-31-15-13-28/h4-7,17,20H,3,8-16H2,1-2H3,(H,25,26). The molecule has 0 bridgehead atoms. The number of nitrogens with zero attached hydrogens (tertiary/aromatic N) is 4. The van der Waals surface area contributed by atoms with Gasteiger partial charge in [-0.1, -0.05) is 17.7 Å². The number of aryl methyl sites for hydroxylation is 1. The van der Waals surface area contributed by atoms with Crippen molar-refractivity contribution in [2.45, 2.75) is 33.2 Å². The molecule has 2 aliphatic heterocycles. The fourth-order valence-corrected chi connectivity index (χ4v) is 4.17. The van der Waals surface area contributed by atoms with Crippen molar-refractivity contribution in [2.24, 2.45) is 10.9 Å². The number of aromatic nitrogens is 1. The molecule has 1 aromatic heterocycles. The van der Waals surface area contributed by atoms with Crippen molar-refractivity contribution < 1.29 is 13.9 Å². The Labute approximate surface area is 189 Å². The van der Waals surface area contributed by atoms with Crippen LogP contribution in [-0.2, 0) is 16.1 Å². The van der Waals surface area contributed by atoms with Crippen LogP contribution in [0.15, 0.2) is 39.9 Å². The van der Waals surface area contributed by atoms with E-state index in [4.69, 9.17) is 14.1 Å². The smallest absolute Gasteiger partial charge is 0.226 e. The average Bonchev–Trinajstić information content (AvgIpc) is 3.31. The molecule has 4 rings (SSSR count). The molecule has 0 unspecified atom stereocenters. The number of nitrogens with one attached hydrogen (secondary N) is 1. The molecule has 8 heteroatoms. The first-order valence-electron chi connectivity index (χ1n) is 11.5. The number of rotatable bonds is 5. The summed E-state index contributed by atoms with van der Waals surface area (Å²) in [5.41, 5.74) is 2.97. The summed E-state index contributed by atoms with van der Waals surface area (Å²) in [6.45, 7) is 9.73. The van der Waals surface area contributed by atoms with Crippen LogP contribution >= 0.6 is 0 Å². The first kappa shape index (κ1) is 22.3. The lowest BCUT2D eigenvalue weighted by molar-refractivity contribution is -0.140. The highest BCUT2D eigenvalue weighted by atomic mass is 16.5. The molecule has 3 heterocycles. The van der Waals surface area contributed by atoms with E-state index in [0.717, 1.165) is 49.7 Å². The first-order valence-corrected chi connectivity index (χ1v) is 11.5. The molecule has 0 aliphatic carbocycles. The van der Waals surface area contributed by atoms with E-state index >= 15 is 0 Å². The number of piperidine rings is 1. The lowest BCUT2D eigenvalue weighted by Gasteiger charge is -2.36. The highest BCUT2D eigenvalue weighted by Gasteiger charge is 2.30. The van der Waals surface area contributed by atoms with Crippen molar-refractivity contribution in [3.63, 3.8) is 0 Å². The fraction of sp³-hybridized carbons (Fsp3) is 0.542. The molecule has 8 nitrogen and oxygen atoms in total. The Morgan fingerprint density at radius 1 is 1.12 bits per heavy atom. The zero-order valence-electron chi connectivity index (χ0n) is 19.0. The Morgan fingerprint density at radius 2 is 1.84 bits per heavy atom. The van der Waals surface area contributed by atoms with Crippen molar-refractivity contribution in [1.82, 2.24) is 20.1 Å². The van der Waals surface area contributed by atoms with E-state index in [1.54, 1.807) is 6.26 Å². The maximum absolute atomic E-state index is 12.8. The minimum absolute atomic E-state index is 0.0971. The van der Waals surface area contributed by atoms with Crippen LogP contribution in [0.25, 0.3) is 11.5 Å². The van der Waals surface area contributed by atoms with Gasteiger partial charge < -0.3 is 24.3 Å². The predicted molar refractivity (Wildman–Crippen MR) is 123 cm³/mol. The summed E-state index contributed by atoms with van der Waals surface area (Å²) in [7, 11) is 0. The van der Waals surface area contributed by atoms with Crippen molar-refractivity contribution in [3.05, 3.63) is 41.8 Å². The van der Waals surface area contributed by atoms with Crippen LogP contribution in [0.1, 0.15) is 31.0 Å². The number of aliphatic imine (C=N–C) groups is 1. The third-order valence-electron chi connectivity index (χ3n) is 6.04. The van der Waals surface area contributed by atoms with Gasteiger partial charge in [-0.15, -0.1) is 0 Å². The number of carbonyl (C=O) groups excluding carboxylic acids is 1. The molecule has 0 atom stereocenters. The zero-order valence-corrected chi connectivity index (χ0v) is 19.0. The van der Waals surface area contributed by atoms with Gasteiger partial charge in [0.2, 0.25) is 11.8 Å². The topological polar surface area (TPSA) is 83.2 Å². The molecule has 0 radical (unpaired) electrons. The maximum atomic E-state index is 12.8. The Bertz CT molecular complexity index is 910. The van der Waals surface area contributed by atoms with Crippen LogP contribution in [0.4, 0.5) is 0 Å². The highest BCUT2D eigenvalue weighted by Crippen LogP contribution is 2.22.